The molecule has 0 saturated carbocycles. The van der Waals surface area contributed by atoms with Crippen LogP contribution < -0.4 is 0 Å². The minimum absolute atomic E-state index is 0.0711. The average molecular weight is 408 g/mol. The van der Waals surface area contributed by atoms with Crippen molar-refractivity contribution >= 4 is 5.91 Å². The average Bonchev–Trinajstić information content (AvgIpc) is 3.07. The topological polar surface area (TPSA) is 20.3 Å². The number of carbonyl (C=O) groups excluding carboxylic acids is 1. The van der Waals surface area contributed by atoms with Crippen LogP contribution in [-0.2, 0) is 11.3 Å². The van der Waals surface area contributed by atoms with Crippen molar-refractivity contribution in [2.45, 2.75) is 32.9 Å². The van der Waals surface area contributed by atoms with Crippen LogP contribution in [0.15, 0.2) is 91.0 Å². The van der Waals surface area contributed by atoms with Crippen LogP contribution in [0.1, 0.15) is 36.1 Å². The first-order chi connectivity index (χ1) is 15.1. The van der Waals surface area contributed by atoms with Gasteiger partial charge in [-0.25, -0.2) is 0 Å². The number of amides is 1. The van der Waals surface area contributed by atoms with Gasteiger partial charge in [0.2, 0.25) is 5.91 Å². The van der Waals surface area contributed by atoms with E-state index < -0.39 is 0 Å². The number of hydrogen-bond donors (Lipinski definition) is 0. The standard InChI is InChI=1S/C29H29NO/c1-20-14-16-23(17-15-20)24-11-7-12-25(18-24)28-26-13-6-8-21(2)27(26)29(31)30(28)19-22-9-4-3-5-10-22/h3-7,9-18,21,26-28H,8,19H2,1-2H3/t21-,26-,27+,28+/m1/s1. The van der Waals surface area contributed by atoms with E-state index in [-0.39, 0.29) is 17.9 Å². The number of rotatable bonds is 4. The number of aryl methyl sites for hydroxylation is 1. The molecule has 0 N–H and O–H groups in total. The van der Waals surface area contributed by atoms with Gasteiger partial charge >= 0.3 is 0 Å². The van der Waals surface area contributed by atoms with Gasteiger partial charge in [0.25, 0.3) is 0 Å². The highest BCUT2D eigenvalue weighted by atomic mass is 16.2. The Morgan fingerprint density at radius 2 is 1.68 bits per heavy atom. The van der Waals surface area contributed by atoms with Gasteiger partial charge in [-0.05, 0) is 47.6 Å². The van der Waals surface area contributed by atoms with Crippen molar-refractivity contribution in [1.82, 2.24) is 4.90 Å². The van der Waals surface area contributed by atoms with Crippen molar-refractivity contribution in [3.05, 3.63) is 108 Å². The third kappa shape index (κ3) is 3.72. The Kier molecular flexibility index (Phi) is 5.23. The van der Waals surface area contributed by atoms with Gasteiger partial charge in [0.15, 0.2) is 0 Å². The maximum atomic E-state index is 13.6. The van der Waals surface area contributed by atoms with E-state index in [0.29, 0.717) is 18.4 Å². The second-order valence-corrected chi connectivity index (χ2v) is 9.13. The Hall–Kier alpha value is -3.13. The lowest BCUT2D eigenvalue weighted by molar-refractivity contribution is -0.134. The molecule has 4 atom stereocenters. The van der Waals surface area contributed by atoms with E-state index in [9.17, 15) is 4.79 Å². The molecule has 1 fully saturated rings. The van der Waals surface area contributed by atoms with Crippen molar-refractivity contribution in [3.63, 3.8) is 0 Å². The molecule has 1 aliphatic heterocycles. The molecule has 0 aromatic heterocycles. The highest BCUT2D eigenvalue weighted by Crippen LogP contribution is 2.49. The number of likely N-dealkylation sites (tertiary alicyclic amines) is 1. The zero-order chi connectivity index (χ0) is 21.4. The first-order valence-corrected chi connectivity index (χ1v) is 11.3. The molecule has 0 spiro atoms. The highest BCUT2D eigenvalue weighted by molar-refractivity contribution is 5.83. The maximum Gasteiger partial charge on any atom is 0.227 e. The second-order valence-electron chi connectivity index (χ2n) is 9.13. The smallest absolute Gasteiger partial charge is 0.227 e. The van der Waals surface area contributed by atoms with Crippen molar-refractivity contribution in [1.29, 1.82) is 0 Å². The van der Waals surface area contributed by atoms with E-state index in [0.717, 1.165) is 6.42 Å². The molecule has 156 valence electrons. The van der Waals surface area contributed by atoms with Gasteiger partial charge in [0, 0.05) is 18.4 Å². The Labute approximate surface area is 185 Å². The predicted molar refractivity (Wildman–Crippen MR) is 126 cm³/mol. The summed E-state index contributed by atoms with van der Waals surface area (Å²) in [6.45, 7) is 5.00. The van der Waals surface area contributed by atoms with Gasteiger partial charge in [0.1, 0.15) is 0 Å². The summed E-state index contributed by atoms with van der Waals surface area (Å²) in [5, 5.41) is 0. The monoisotopic (exact) mass is 407 g/mol. The number of nitrogens with zero attached hydrogens (tertiary/aromatic N) is 1. The van der Waals surface area contributed by atoms with Crippen LogP contribution in [0.25, 0.3) is 11.1 Å². The maximum absolute atomic E-state index is 13.6. The SMILES string of the molecule is Cc1ccc(-c2cccc([C@H]3[C@@H]4C=CC[C@@H](C)[C@@H]4C(=O)N3Cc3ccccc3)c2)cc1. The van der Waals surface area contributed by atoms with Crippen LogP contribution >= 0.6 is 0 Å². The number of hydrogen-bond acceptors (Lipinski definition) is 1. The number of benzene rings is 3. The molecule has 1 aliphatic carbocycles. The summed E-state index contributed by atoms with van der Waals surface area (Å²) in [5.74, 6) is 0.984. The molecule has 5 rings (SSSR count). The van der Waals surface area contributed by atoms with Crippen LogP contribution in [-0.4, -0.2) is 10.8 Å². The van der Waals surface area contributed by atoms with Crippen molar-refractivity contribution in [2.75, 3.05) is 0 Å². The van der Waals surface area contributed by atoms with Crippen LogP contribution in [0.2, 0.25) is 0 Å². The summed E-state index contributed by atoms with van der Waals surface area (Å²) in [7, 11) is 0. The van der Waals surface area contributed by atoms with E-state index in [1.54, 1.807) is 0 Å². The molecule has 0 bridgehead atoms. The third-order valence-corrected chi connectivity index (χ3v) is 6.97. The summed E-state index contributed by atoms with van der Waals surface area (Å²) in [4.78, 5) is 15.8. The number of fused-ring (bicyclic) bond motifs is 1. The fourth-order valence-corrected chi connectivity index (χ4v) is 5.35. The quantitative estimate of drug-likeness (QED) is 0.448. The highest BCUT2D eigenvalue weighted by Gasteiger charge is 2.50. The Bertz CT molecular complexity index is 1100. The molecule has 2 heteroatoms. The lowest BCUT2D eigenvalue weighted by atomic mass is 9.75. The van der Waals surface area contributed by atoms with Gasteiger partial charge in [-0.3, -0.25) is 4.79 Å². The molecule has 31 heavy (non-hydrogen) atoms. The molecular formula is C29H29NO. The second kappa shape index (κ2) is 8.19. The van der Waals surface area contributed by atoms with Crippen LogP contribution in [0.5, 0.6) is 0 Å². The van der Waals surface area contributed by atoms with E-state index in [4.69, 9.17) is 0 Å². The lowest BCUT2D eigenvalue weighted by Gasteiger charge is -2.30. The van der Waals surface area contributed by atoms with Crippen LogP contribution in [0.4, 0.5) is 0 Å². The molecule has 3 aromatic rings. The predicted octanol–water partition coefficient (Wildman–Crippen LogP) is 6.57. The van der Waals surface area contributed by atoms with Crippen molar-refractivity contribution in [2.24, 2.45) is 17.8 Å². The molecular weight excluding hydrogens is 378 g/mol. The molecule has 0 radical (unpaired) electrons. The molecule has 1 heterocycles. The fourth-order valence-electron chi connectivity index (χ4n) is 5.35. The summed E-state index contributed by atoms with van der Waals surface area (Å²) in [6, 6.07) is 27.9. The van der Waals surface area contributed by atoms with E-state index >= 15 is 0 Å². The minimum atomic E-state index is 0.0711. The molecule has 2 aliphatic rings. The minimum Gasteiger partial charge on any atom is -0.330 e. The van der Waals surface area contributed by atoms with Crippen molar-refractivity contribution in [3.8, 4) is 11.1 Å². The zero-order valence-corrected chi connectivity index (χ0v) is 18.2. The Morgan fingerprint density at radius 3 is 2.45 bits per heavy atom. The molecule has 1 saturated heterocycles. The van der Waals surface area contributed by atoms with Gasteiger partial charge < -0.3 is 4.90 Å². The van der Waals surface area contributed by atoms with Gasteiger partial charge in [0.05, 0.1) is 6.04 Å². The van der Waals surface area contributed by atoms with E-state index in [1.165, 1.54) is 27.8 Å². The van der Waals surface area contributed by atoms with Crippen molar-refractivity contribution < 1.29 is 4.79 Å². The fraction of sp³-hybridized carbons (Fsp3) is 0.276. The molecule has 3 aromatic carbocycles. The van der Waals surface area contributed by atoms with Gasteiger partial charge in [-0.2, -0.15) is 0 Å². The van der Waals surface area contributed by atoms with E-state index in [2.05, 4.69) is 104 Å². The number of allylic oxidation sites excluding steroid dienone is 1. The molecule has 1 amide bonds. The largest absolute Gasteiger partial charge is 0.330 e. The van der Waals surface area contributed by atoms with Gasteiger partial charge in [-0.1, -0.05) is 97.4 Å². The summed E-state index contributed by atoms with van der Waals surface area (Å²) in [5.41, 5.74) is 6.11. The third-order valence-electron chi connectivity index (χ3n) is 6.97. The number of carbonyl (C=O) groups is 1. The van der Waals surface area contributed by atoms with E-state index in [1.807, 2.05) is 6.07 Å². The first kappa shape index (κ1) is 19.8. The van der Waals surface area contributed by atoms with Crippen LogP contribution in [0, 0.1) is 24.7 Å². The summed E-state index contributed by atoms with van der Waals surface area (Å²) >= 11 is 0. The zero-order valence-electron chi connectivity index (χ0n) is 18.2. The summed E-state index contributed by atoms with van der Waals surface area (Å²) < 4.78 is 0. The summed E-state index contributed by atoms with van der Waals surface area (Å²) in [6.07, 6.45) is 5.57. The molecule has 0 unspecified atom stereocenters. The first-order valence-electron chi connectivity index (χ1n) is 11.3. The Balaban J connectivity index is 1.56. The van der Waals surface area contributed by atoms with Crippen LogP contribution in [0.3, 0.4) is 0 Å². The lowest BCUT2D eigenvalue weighted by Crippen LogP contribution is -2.30. The molecule has 2 nitrogen and oxygen atoms in total. The van der Waals surface area contributed by atoms with Gasteiger partial charge in [-0.15, -0.1) is 0 Å². The normalized spacial score (nSPS) is 25.0. The Morgan fingerprint density at radius 1 is 0.903 bits per heavy atom.